The largest absolute Gasteiger partial charge is 0.314 e. The molecule has 0 spiro atoms. The summed E-state index contributed by atoms with van der Waals surface area (Å²) in [4.78, 5) is 0. The maximum Gasteiger partial charge on any atom is 0.0121 e. The molecule has 0 amide bonds. The molecule has 0 aromatic heterocycles. The number of unbranched alkanes of at least 4 members (excludes halogenated alkanes) is 3. The van der Waals surface area contributed by atoms with Crippen molar-refractivity contribution < 1.29 is 0 Å². The van der Waals surface area contributed by atoms with Crippen LogP contribution in [0.4, 0.5) is 0 Å². The van der Waals surface area contributed by atoms with E-state index >= 15 is 0 Å². The SMILES string of the molecule is CCCCCCC(NCC)C1(C)CCCCC1. The van der Waals surface area contributed by atoms with Crippen LogP contribution in [0, 0.1) is 5.41 Å². The zero-order valence-electron chi connectivity index (χ0n) is 12.4. The molecular formula is C16H33N. The molecule has 1 unspecified atom stereocenters. The fraction of sp³-hybridized carbons (Fsp3) is 1.00. The highest BCUT2D eigenvalue weighted by Crippen LogP contribution is 2.40. The van der Waals surface area contributed by atoms with Crippen LogP contribution in [0.5, 0.6) is 0 Å². The summed E-state index contributed by atoms with van der Waals surface area (Å²) in [6.45, 7) is 8.21. The van der Waals surface area contributed by atoms with Gasteiger partial charge >= 0.3 is 0 Å². The lowest BCUT2D eigenvalue weighted by Crippen LogP contribution is -2.44. The fourth-order valence-electron chi connectivity index (χ4n) is 3.43. The van der Waals surface area contributed by atoms with Crippen LogP contribution in [0.2, 0.25) is 0 Å². The van der Waals surface area contributed by atoms with E-state index in [2.05, 4.69) is 26.1 Å². The van der Waals surface area contributed by atoms with Gasteiger partial charge in [-0.25, -0.2) is 0 Å². The lowest BCUT2D eigenvalue weighted by atomic mass is 9.69. The molecule has 17 heavy (non-hydrogen) atoms. The average molecular weight is 239 g/mol. The van der Waals surface area contributed by atoms with E-state index in [1.807, 2.05) is 0 Å². The maximum absolute atomic E-state index is 3.77. The summed E-state index contributed by atoms with van der Waals surface area (Å²) >= 11 is 0. The molecule has 1 rings (SSSR count). The van der Waals surface area contributed by atoms with Gasteiger partial charge in [-0.15, -0.1) is 0 Å². The van der Waals surface area contributed by atoms with Crippen molar-refractivity contribution in [1.82, 2.24) is 5.32 Å². The average Bonchev–Trinajstić information content (AvgIpc) is 2.34. The van der Waals surface area contributed by atoms with E-state index in [9.17, 15) is 0 Å². The van der Waals surface area contributed by atoms with E-state index in [4.69, 9.17) is 0 Å². The minimum atomic E-state index is 0.584. The Labute approximate surface area is 109 Å². The van der Waals surface area contributed by atoms with Crippen LogP contribution in [0.3, 0.4) is 0 Å². The van der Waals surface area contributed by atoms with Crippen molar-refractivity contribution in [3.05, 3.63) is 0 Å². The second-order valence-corrected chi connectivity index (χ2v) is 6.17. The standard InChI is InChI=1S/C16H33N/c1-4-6-7-9-12-15(17-5-2)16(3)13-10-8-11-14-16/h15,17H,4-14H2,1-3H3. The molecule has 0 bridgehead atoms. The Kier molecular flexibility index (Phi) is 7.18. The van der Waals surface area contributed by atoms with Crippen LogP contribution in [-0.4, -0.2) is 12.6 Å². The fourth-order valence-corrected chi connectivity index (χ4v) is 3.43. The first-order valence-electron chi connectivity index (χ1n) is 7.96. The number of hydrogen-bond acceptors (Lipinski definition) is 1. The highest BCUT2D eigenvalue weighted by Gasteiger charge is 2.34. The van der Waals surface area contributed by atoms with Crippen LogP contribution >= 0.6 is 0 Å². The highest BCUT2D eigenvalue weighted by atomic mass is 14.9. The summed E-state index contributed by atoms with van der Waals surface area (Å²) in [5.41, 5.74) is 0.584. The third kappa shape index (κ3) is 4.99. The summed E-state index contributed by atoms with van der Waals surface area (Å²) < 4.78 is 0. The van der Waals surface area contributed by atoms with Crippen LogP contribution < -0.4 is 5.32 Å². The Balaban J connectivity index is 2.39. The Hall–Kier alpha value is -0.0400. The van der Waals surface area contributed by atoms with Crippen molar-refractivity contribution in [2.75, 3.05) is 6.54 Å². The summed E-state index contributed by atoms with van der Waals surface area (Å²) in [5, 5.41) is 3.77. The van der Waals surface area contributed by atoms with Gasteiger partial charge in [-0.05, 0) is 31.2 Å². The second-order valence-electron chi connectivity index (χ2n) is 6.17. The van der Waals surface area contributed by atoms with Crippen molar-refractivity contribution in [3.8, 4) is 0 Å². The van der Waals surface area contributed by atoms with Gasteiger partial charge in [0.15, 0.2) is 0 Å². The van der Waals surface area contributed by atoms with Gasteiger partial charge in [0.1, 0.15) is 0 Å². The van der Waals surface area contributed by atoms with Crippen molar-refractivity contribution in [2.24, 2.45) is 5.41 Å². The normalized spacial score (nSPS) is 21.4. The van der Waals surface area contributed by atoms with Crippen molar-refractivity contribution >= 4 is 0 Å². The summed E-state index contributed by atoms with van der Waals surface area (Å²) in [6, 6.07) is 0.768. The van der Waals surface area contributed by atoms with Crippen LogP contribution in [0.25, 0.3) is 0 Å². The van der Waals surface area contributed by atoms with Crippen LogP contribution in [0.1, 0.15) is 85.0 Å². The molecule has 1 N–H and O–H groups in total. The van der Waals surface area contributed by atoms with Gasteiger partial charge < -0.3 is 5.32 Å². The molecule has 1 saturated carbocycles. The second kappa shape index (κ2) is 8.13. The van der Waals surface area contributed by atoms with Gasteiger partial charge in [0.25, 0.3) is 0 Å². The first-order chi connectivity index (χ1) is 8.23. The van der Waals surface area contributed by atoms with Gasteiger partial charge in [-0.2, -0.15) is 0 Å². The molecule has 0 heterocycles. The van der Waals surface area contributed by atoms with Crippen molar-refractivity contribution in [3.63, 3.8) is 0 Å². The highest BCUT2D eigenvalue weighted by molar-refractivity contribution is 4.89. The first kappa shape index (κ1) is 15.0. The van der Waals surface area contributed by atoms with E-state index in [-0.39, 0.29) is 0 Å². The number of rotatable bonds is 8. The lowest BCUT2D eigenvalue weighted by molar-refractivity contribution is 0.136. The molecule has 102 valence electrons. The summed E-state index contributed by atoms with van der Waals surface area (Å²) in [7, 11) is 0. The predicted molar refractivity (Wildman–Crippen MR) is 77.4 cm³/mol. The third-order valence-corrected chi connectivity index (χ3v) is 4.63. The number of hydrogen-bond donors (Lipinski definition) is 1. The van der Waals surface area contributed by atoms with Gasteiger partial charge in [-0.3, -0.25) is 0 Å². The smallest absolute Gasteiger partial charge is 0.0121 e. The lowest BCUT2D eigenvalue weighted by Gasteiger charge is -2.41. The molecule has 0 saturated heterocycles. The number of nitrogens with one attached hydrogen (secondary N) is 1. The van der Waals surface area contributed by atoms with Crippen LogP contribution in [-0.2, 0) is 0 Å². The molecule has 1 nitrogen and oxygen atoms in total. The molecule has 1 fully saturated rings. The first-order valence-corrected chi connectivity index (χ1v) is 7.96. The zero-order valence-corrected chi connectivity index (χ0v) is 12.4. The van der Waals surface area contributed by atoms with E-state index in [0.717, 1.165) is 12.6 Å². The molecule has 1 atom stereocenters. The molecule has 1 aliphatic rings. The van der Waals surface area contributed by atoms with Crippen LogP contribution in [0.15, 0.2) is 0 Å². The summed E-state index contributed by atoms with van der Waals surface area (Å²) in [6.07, 6.45) is 14.3. The quantitative estimate of drug-likeness (QED) is 0.594. The maximum atomic E-state index is 3.77. The Bertz CT molecular complexity index is 182. The molecule has 0 aromatic rings. The molecule has 0 aromatic carbocycles. The molecule has 1 heteroatoms. The Morgan fingerprint density at radius 1 is 1.00 bits per heavy atom. The predicted octanol–water partition coefficient (Wildman–Crippen LogP) is 4.91. The van der Waals surface area contributed by atoms with Gasteiger partial charge in [0.05, 0.1) is 0 Å². The van der Waals surface area contributed by atoms with Gasteiger partial charge in [0.2, 0.25) is 0 Å². The van der Waals surface area contributed by atoms with Gasteiger partial charge in [-0.1, -0.05) is 65.7 Å². The summed E-state index contributed by atoms with van der Waals surface area (Å²) in [5.74, 6) is 0. The molecule has 0 radical (unpaired) electrons. The van der Waals surface area contributed by atoms with E-state index in [1.165, 1.54) is 64.2 Å². The van der Waals surface area contributed by atoms with E-state index < -0.39 is 0 Å². The minimum absolute atomic E-state index is 0.584. The Morgan fingerprint density at radius 3 is 2.29 bits per heavy atom. The zero-order chi connectivity index (χ0) is 12.6. The minimum Gasteiger partial charge on any atom is -0.314 e. The third-order valence-electron chi connectivity index (χ3n) is 4.63. The van der Waals surface area contributed by atoms with Crippen molar-refractivity contribution in [1.29, 1.82) is 0 Å². The van der Waals surface area contributed by atoms with E-state index in [1.54, 1.807) is 0 Å². The van der Waals surface area contributed by atoms with Crippen molar-refractivity contribution in [2.45, 2.75) is 91.0 Å². The molecule has 1 aliphatic carbocycles. The van der Waals surface area contributed by atoms with Gasteiger partial charge in [0, 0.05) is 6.04 Å². The topological polar surface area (TPSA) is 12.0 Å². The molecular weight excluding hydrogens is 206 g/mol. The van der Waals surface area contributed by atoms with E-state index in [0.29, 0.717) is 5.41 Å². The monoisotopic (exact) mass is 239 g/mol. The molecule has 0 aliphatic heterocycles. The Morgan fingerprint density at radius 2 is 1.71 bits per heavy atom.